The number of phenols is 1. The molecule has 0 aliphatic heterocycles. The molecule has 2 aromatic carbocycles. The summed E-state index contributed by atoms with van der Waals surface area (Å²) in [5.74, 6) is -0.933. The number of rotatable bonds is 2. The van der Waals surface area contributed by atoms with Crippen molar-refractivity contribution in [2.24, 2.45) is 4.99 Å². The predicted molar refractivity (Wildman–Crippen MR) is 86.8 cm³/mol. The maximum absolute atomic E-state index is 13.6. The molecule has 17 heteroatoms. The van der Waals surface area contributed by atoms with E-state index in [9.17, 15) is 71.0 Å². The second-order valence-corrected chi connectivity index (χ2v) is 6.53. The van der Waals surface area contributed by atoms with Crippen molar-refractivity contribution in [3.8, 4) is 5.75 Å². The fourth-order valence-corrected chi connectivity index (χ4v) is 3.00. The van der Waals surface area contributed by atoms with Crippen LogP contribution in [-0.4, -0.2) is 11.3 Å². The van der Waals surface area contributed by atoms with Gasteiger partial charge in [0, 0.05) is 11.8 Å². The number of halogens is 15. The highest BCUT2D eigenvalue weighted by atomic mass is 19.4. The molecule has 0 saturated carbocycles. The van der Waals surface area contributed by atoms with Crippen LogP contribution in [0.15, 0.2) is 29.3 Å². The Bertz CT molecular complexity index is 1080. The SMILES string of the molecule is Oc1ccccc1C=Nc1c(C(F)(F)F)c(C(F)(F)F)c(C(F)(F)F)c(C(F)(F)F)c1C(F)(F)F. The Morgan fingerprint density at radius 1 is 0.514 bits per heavy atom. The molecule has 2 aromatic rings. The predicted octanol–water partition coefficient (Wildman–Crippen LogP) is 8.24. The Balaban J connectivity index is 3.37. The molecule has 2 rings (SSSR count). The third-order valence-electron chi connectivity index (χ3n) is 4.16. The van der Waals surface area contributed by atoms with Gasteiger partial charge in [-0.15, -0.1) is 0 Å². The van der Waals surface area contributed by atoms with Gasteiger partial charge in [-0.25, -0.2) is 0 Å². The molecule has 0 aliphatic rings. The summed E-state index contributed by atoms with van der Waals surface area (Å²) in [4.78, 5) is 2.45. The molecule has 0 saturated heterocycles. The minimum atomic E-state index is -6.98. The number of hydrogen-bond donors (Lipinski definition) is 1. The van der Waals surface area contributed by atoms with Gasteiger partial charge >= 0.3 is 30.9 Å². The van der Waals surface area contributed by atoms with Gasteiger partial charge in [0.15, 0.2) is 0 Å². The molecular formula is C18H6F15NO. The first-order valence-corrected chi connectivity index (χ1v) is 8.41. The summed E-state index contributed by atoms with van der Waals surface area (Å²) >= 11 is 0. The topological polar surface area (TPSA) is 32.6 Å². The van der Waals surface area contributed by atoms with Crippen LogP contribution >= 0.6 is 0 Å². The van der Waals surface area contributed by atoms with Crippen molar-refractivity contribution in [3.05, 3.63) is 57.6 Å². The van der Waals surface area contributed by atoms with Crippen molar-refractivity contribution in [1.82, 2.24) is 0 Å². The Morgan fingerprint density at radius 3 is 1.14 bits per heavy atom. The first kappa shape index (κ1) is 28.1. The van der Waals surface area contributed by atoms with Crippen molar-refractivity contribution in [2.45, 2.75) is 30.9 Å². The van der Waals surface area contributed by atoms with E-state index in [-0.39, 0.29) is 6.21 Å². The van der Waals surface area contributed by atoms with Gasteiger partial charge in [-0.05, 0) is 12.1 Å². The van der Waals surface area contributed by atoms with Crippen LogP contribution in [0.3, 0.4) is 0 Å². The number of alkyl halides is 15. The average Bonchev–Trinajstić information content (AvgIpc) is 2.61. The monoisotopic (exact) mass is 537 g/mol. The fourth-order valence-electron chi connectivity index (χ4n) is 3.00. The van der Waals surface area contributed by atoms with Crippen molar-refractivity contribution < 1.29 is 71.0 Å². The summed E-state index contributed by atoms with van der Waals surface area (Å²) in [7, 11) is 0. The molecule has 0 aliphatic carbocycles. The quantitative estimate of drug-likeness (QED) is 0.304. The van der Waals surface area contributed by atoms with Crippen LogP contribution in [0.1, 0.15) is 33.4 Å². The van der Waals surface area contributed by atoms with E-state index in [1.54, 1.807) is 0 Å². The number of benzene rings is 2. The summed E-state index contributed by atoms with van der Waals surface area (Å²) in [6, 6.07) is 3.56. The lowest BCUT2D eigenvalue weighted by Gasteiger charge is -2.29. The summed E-state index contributed by atoms with van der Waals surface area (Å²) in [5, 5.41) is 9.52. The third-order valence-corrected chi connectivity index (χ3v) is 4.16. The molecule has 194 valence electrons. The maximum Gasteiger partial charge on any atom is 0.419 e. The highest BCUT2D eigenvalue weighted by Gasteiger charge is 2.60. The normalized spacial score (nSPS) is 14.1. The van der Waals surface area contributed by atoms with Crippen LogP contribution in [0, 0.1) is 0 Å². The summed E-state index contributed by atoms with van der Waals surface area (Å²) < 4.78 is 202. The number of aromatic hydroxyl groups is 1. The van der Waals surface area contributed by atoms with Crippen LogP contribution in [0.2, 0.25) is 0 Å². The van der Waals surface area contributed by atoms with Gasteiger partial charge in [-0.3, -0.25) is 4.99 Å². The van der Waals surface area contributed by atoms with E-state index in [0.717, 1.165) is 24.3 Å². The van der Waals surface area contributed by atoms with Crippen LogP contribution in [0.25, 0.3) is 0 Å². The molecule has 0 atom stereocenters. The van der Waals surface area contributed by atoms with Gasteiger partial charge in [0.05, 0.1) is 33.5 Å². The van der Waals surface area contributed by atoms with Crippen LogP contribution < -0.4 is 0 Å². The number of aliphatic imine (C=N–C) groups is 1. The van der Waals surface area contributed by atoms with Gasteiger partial charge in [-0.2, -0.15) is 65.9 Å². The smallest absolute Gasteiger partial charge is 0.419 e. The minimum absolute atomic E-state index is 0.164. The fraction of sp³-hybridized carbons (Fsp3) is 0.278. The van der Waals surface area contributed by atoms with Crippen LogP contribution in [-0.2, 0) is 30.9 Å². The molecule has 0 spiro atoms. The molecule has 0 fully saturated rings. The molecule has 1 N–H and O–H groups in total. The minimum Gasteiger partial charge on any atom is -0.507 e. The molecule has 0 amide bonds. The van der Waals surface area contributed by atoms with E-state index in [1.165, 1.54) is 0 Å². The van der Waals surface area contributed by atoms with E-state index in [2.05, 4.69) is 4.99 Å². The summed E-state index contributed by atoms with van der Waals surface area (Å²) in [5.41, 5.74) is -23.7. The number of phenolic OH excluding ortho intramolecular Hbond substituents is 1. The summed E-state index contributed by atoms with van der Waals surface area (Å²) in [6.45, 7) is 0. The standard InChI is InChI=1S/C18H6F15NO/c19-14(20,21)8-9(15(22,23)24)11(17(28,29)30)13(34-5-6-3-1-2-4-7(6)35)12(18(31,32)33)10(8)16(25,26)27/h1-5,35H. The van der Waals surface area contributed by atoms with Crippen molar-refractivity contribution in [2.75, 3.05) is 0 Å². The highest BCUT2D eigenvalue weighted by Crippen LogP contribution is 2.58. The van der Waals surface area contributed by atoms with Crippen molar-refractivity contribution >= 4 is 11.9 Å². The van der Waals surface area contributed by atoms with Gasteiger partial charge in [0.2, 0.25) is 0 Å². The lowest BCUT2D eigenvalue weighted by molar-refractivity contribution is -0.188. The second-order valence-electron chi connectivity index (χ2n) is 6.53. The molecule has 0 bridgehead atoms. The van der Waals surface area contributed by atoms with Crippen LogP contribution in [0.4, 0.5) is 71.5 Å². The Kier molecular flexibility index (Phi) is 6.83. The van der Waals surface area contributed by atoms with Crippen molar-refractivity contribution in [3.63, 3.8) is 0 Å². The zero-order chi connectivity index (χ0) is 27.4. The van der Waals surface area contributed by atoms with Gasteiger partial charge in [0.1, 0.15) is 5.75 Å². The average molecular weight is 537 g/mol. The highest BCUT2D eigenvalue weighted by molar-refractivity contribution is 5.86. The Morgan fingerprint density at radius 2 is 0.829 bits per heavy atom. The second kappa shape index (κ2) is 8.51. The summed E-state index contributed by atoms with van der Waals surface area (Å²) in [6.07, 6.45) is -34.3. The lowest BCUT2D eigenvalue weighted by Crippen LogP contribution is -2.31. The molecule has 0 aromatic heterocycles. The number of nitrogens with zero attached hydrogens (tertiary/aromatic N) is 1. The molecule has 0 unspecified atom stereocenters. The zero-order valence-corrected chi connectivity index (χ0v) is 16.0. The van der Waals surface area contributed by atoms with E-state index >= 15 is 0 Å². The largest absolute Gasteiger partial charge is 0.507 e. The Hall–Kier alpha value is -3.14. The first-order chi connectivity index (χ1) is 15.5. The Labute approximate surface area is 183 Å². The zero-order valence-electron chi connectivity index (χ0n) is 16.0. The van der Waals surface area contributed by atoms with E-state index in [1.807, 2.05) is 0 Å². The van der Waals surface area contributed by atoms with Crippen LogP contribution in [0.5, 0.6) is 5.75 Å². The van der Waals surface area contributed by atoms with Crippen molar-refractivity contribution in [1.29, 1.82) is 0 Å². The molecular weight excluding hydrogens is 531 g/mol. The van der Waals surface area contributed by atoms with E-state index in [4.69, 9.17) is 0 Å². The number of para-hydroxylation sites is 1. The number of hydrogen-bond acceptors (Lipinski definition) is 2. The lowest BCUT2D eigenvalue weighted by atomic mass is 9.87. The van der Waals surface area contributed by atoms with Gasteiger partial charge in [-0.1, -0.05) is 12.1 Å². The molecule has 0 radical (unpaired) electrons. The van der Waals surface area contributed by atoms with Gasteiger partial charge < -0.3 is 5.11 Å². The van der Waals surface area contributed by atoms with Gasteiger partial charge in [0.25, 0.3) is 0 Å². The van der Waals surface area contributed by atoms with E-state index in [0.29, 0.717) is 0 Å². The molecule has 35 heavy (non-hydrogen) atoms. The molecule has 0 heterocycles. The first-order valence-electron chi connectivity index (χ1n) is 8.41. The maximum atomic E-state index is 13.6. The van der Waals surface area contributed by atoms with E-state index < -0.39 is 75.7 Å². The third kappa shape index (κ3) is 5.75. The molecule has 2 nitrogen and oxygen atoms in total.